The monoisotopic (exact) mass is 428 g/mol. The van der Waals surface area contributed by atoms with Crippen LogP contribution < -0.4 is 5.32 Å². The Morgan fingerprint density at radius 3 is 2.70 bits per heavy atom. The summed E-state index contributed by atoms with van der Waals surface area (Å²) in [7, 11) is -1.50. The molecule has 158 valence electrons. The summed E-state index contributed by atoms with van der Waals surface area (Å²) < 4.78 is 31.1. The molecule has 1 atom stereocenters. The minimum atomic E-state index is -3.07. The fourth-order valence-corrected chi connectivity index (χ4v) is 5.61. The van der Waals surface area contributed by atoms with Gasteiger partial charge in [0.25, 0.3) is 5.91 Å². The molecule has 2 aromatic heterocycles. The molecule has 3 heterocycles. The largest absolute Gasteiger partial charge is 0.383 e. The number of carbonyl (C=O) groups is 1. The van der Waals surface area contributed by atoms with Crippen LogP contribution >= 0.6 is 0 Å². The Kier molecular flexibility index (Phi) is 5.57. The number of pyridine rings is 1. The van der Waals surface area contributed by atoms with Crippen molar-refractivity contribution in [3.8, 4) is 11.3 Å². The van der Waals surface area contributed by atoms with Crippen LogP contribution in [0.3, 0.4) is 0 Å². The molecule has 0 aliphatic carbocycles. The molecule has 3 aromatic rings. The Morgan fingerprint density at radius 1 is 1.27 bits per heavy atom. The molecule has 1 aliphatic heterocycles. The zero-order valence-electron chi connectivity index (χ0n) is 17.0. The average Bonchev–Trinajstić information content (AvgIpc) is 3.25. The second-order valence-electron chi connectivity index (χ2n) is 7.42. The van der Waals surface area contributed by atoms with Gasteiger partial charge in [0, 0.05) is 19.2 Å². The van der Waals surface area contributed by atoms with Crippen LogP contribution in [0.1, 0.15) is 28.8 Å². The van der Waals surface area contributed by atoms with Gasteiger partial charge >= 0.3 is 0 Å². The number of nitrogens with one attached hydrogen (secondary N) is 1. The summed E-state index contributed by atoms with van der Waals surface area (Å²) in [6.45, 7) is 2.58. The quantitative estimate of drug-likeness (QED) is 0.604. The van der Waals surface area contributed by atoms with Gasteiger partial charge in [0.05, 0.1) is 35.4 Å². The van der Waals surface area contributed by atoms with Crippen LogP contribution in [0, 0.1) is 6.92 Å². The number of amides is 1. The Hall–Kier alpha value is -2.78. The third-order valence-corrected chi connectivity index (χ3v) is 7.05. The molecular weight excluding hydrogens is 404 g/mol. The van der Waals surface area contributed by atoms with Crippen LogP contribution in [-0.4, -0.2) is 60.6 Å². The summed E-state index contributed by atoms with van der Waals surface area (Å²) in [6.07, 6.45) is 0.535. The second-order valence-corrected chi connectivity index (χ2v) is 9.65. The molecule has 0 bridgehead atoms. The highest BCUT2D eigenvalue weighted by atomic mass is 32.2. The van der Waals surface area contributed by atoms with Gasteiger partial charge in [-0.25, -0.2) is 18.4 Å². The van der Waals surface area contributed by atoms with Crippen molar-refractivity contribution in [2.24, 2.45) is 0 Å². The van der Waals surface area contributed by atoms with E-state index < -0.39 is 9.84 Å². The number of rotatable bonds is 6. The Morgan fingerprint density at radius 2 is 2.03 bits per heavy atom. The van der Waals surface area contributed by atoms with Gasteiger partial charge < -0.3 is 14.6 Å². The summed E-state index contributed by atoms with van der Waals surface area (Å²) in [5, 5.41) is 2.81. The zero-order chi connectivity index (χ0) is 21.3. The predicted octanol–water partition coefficient (Wildman–Crippen LogP) is 2.14. The number of sulfone groups is 1. The number of fused-ring (bicyclic) bond motifs is 1. The maximum absolute atomic E-state index is 12.9. The van der Waals surface area contributed by atoms with E-state index in [-0.39, 0.29) is 29.1 Å². The number of hydrogen-bond acceptors (Lipinski definition) is 6. The van der Waals surface area contributed by atoms with Gasteiger partial charge in [0.2, 0.25) is 0 Å². The van der Waals surface area contributed by atoms with Gasteiger partial charge in [0.1, 0.15) is 11.3 Å². The molecule has 0 spiro atoms. The first-order chi connectivity index (χ1) is 14.4. The van der Waals surface area contributed by atoms with E-state index in [1.54, 1.807) is 7.11 Å². The van der Waals surface area contributed by atoms with Gasteiger partial charge in [0.15, 0.2) is 15.5 Å². The third-order valence-electron chi connectivity index (χ3n) is 5.30. The lowest BCUT2D eigenvalue weighted by molar-refractivity contribution is 0.0934. The van der Waals surface area contributed by atoms with E-state index in [0.717, 1.165) is 11.1 Å². The van der Waals surface area contributed by atoms with E-state index >= 15 is 0 Å². The molecule has 1 aromatic carbocycles. The second kappa shape index (κ2) is 8.16. The number of carbonyl (C=O) groups excluding carboxylic acids is 1. The fraction of sp³-hybridized carbons (Fsp3) is 0.381. The first-order valence-electron chi connectivity index (χ1n) is 9.82. The molecule has 1 aliphatic rings. The van der Waals surface area contributed by atoms with E-state index in [0.29, 0.717) is 36.6 Å². The third kappa shape index (κ3) is 3.95. The number of aromatic nitrogens is 3. The number of methoxy groups -OCH3 is 1. The van der Waals surface area contributed by atoms with Crippen LogP contribution in [-0.2, 0) is 14.6 Å². The molecule has 1 amide bonds. The first-order valence-corrected chi connectivity index (χ1v) is 11.6. The van der Waals surface area contributed by atoms with Crippen molar-refractivity contribution >= 4 is 26.8 Å². The molecular formula is C21H24N4O4S. The van der Waals surface area contributed by atoms with E-state index in [4.69, 9.17) is 4.74 Å². The molecule has 1 N–H and O–H groups in total. The number of aryl methyl sites for hydroxylation is 1. The van der Waals surface area contributed by atoms with Crippen molar-refractivity contribution in [1.29, 1.82) is 0 Å². The molecule has 4 rings (SSSR count). The number of nitrogens with zero attached hydrogens (tertiary/aromatic N) is 3. The maximum atomic E-state index is 12.9. The highest BCUT2D eigenvalue weighted by Gasteiger charge is 2.32. The number of ether oxygens (including phenoxy) is 1. The highest BCUT2D eigenvalue weighted by Crippen LogP contribution is 2.32. The van der Waals surface area contributed by atoms with Gasteiger partial charge in [-0.05, 0) is 19.4 Å². The molecule has 30 heavy (non-hydrogen) atoms. The van der Waals surface area contributed by atoms with Crippen molar-refractivity contribution < 1.29 is 17.9 Å². The molecule has 1 saturated heterocycles. The van der Waals surface area contributed by atoms with Crippen LogP contribution in [0.5, 0.6) is 0 Å². The molecule has 0 radical (unpaired) electrons. The van der Waals surface area contributed by atoms with Crippen molar-refractivity contribution in [3.63, 3.8) is 0 Å². The molecule has 1 unspecified atom stereocenters. The number of hydrogen-bond donors (Lipinski definition) is 1. The van der Waals surface area contributed by atoms with Crippen LogP contribution in [0.2, 0.25) is 0 Å². The van der Waals surface area contributed by atoms with Crippen molar-refractivity contribution in [3.05, 3.63) is 47.9 Å². The van der Waals surface area contributed by atoms with Crippen LogP contribution in [0.15, 0.2) is 36.4 Å². The first kappa shape index (κ1) is 20.5. The number of benzene rings is 1. The summed E-state index contributed by atoms with van der Waals surface area (Å²) in [4.78, 5) is 22.1. The standard InChI is InChI=1S/C21H24N4O4S/c1-14-23-19-18(25(14)16-8-11-30(27,28)13-16)12-17(15-6-4-3-5-7-15)24-20(19)21(26)22-9-10-29-2/h3-7,12,16H,8-11,13H2,1-2H3,(H,22,26). The lowest BCUT2D eigenvalue weighted by Crippen LogP contribution is -2.28. The van der Waals surface area contributed by atoms with Gasteiger partial charge in [-0.3, -0.25) is 4.79 Å². The molecule has 0 saturated carbocycles. The maximum Gasteiger partial charge on any atom is 0.272 e. The normalized spacial score (nSPS) is 18.0. The van der Waals surface area contributed by atoms with Crippen LogP contribution in [0.25, 0.3) is 22.3 Å². The van der Waals surface area contributed by atoms with Gasteiger partial charge in [-0.15, -0.1) is 0 Å². The lowest BCUT2D eigenvalue weighted by Gasteiger charge is -2.14. The SMILES string of the molecule is COCCNC(=O)c1nc(-c2ccccc2)cc2c1nc(C)n2C1CCS(=O)(=O)C1. The summed E-state index contributed by atoms with van der Waals surface area (Å²) in [6, 6.07) is 11.3. The molecule has 9 heteroatoms. The molecule has 8 nitrogen and oxygen atoms in total. The minimum absolute atomic E-state index is 0.0810. The minimum Gasteiger partial charge on any atom is -0.383 e. The highest BCUT2D eigenvalue weighted by molar-refractivity contribution is 7.91. The predicted molar refractivity (Wildman–Crippen MR) is 114 cm³/mol. The van der Waals surface area contributed by atoms with E-state index in [1.807, 2.05) is 47.9 Å². The van der Waals surface area contributed by atoms with E-state index in [1.165, 1.54) is 0 Å². The number of imidazole rings is 1. The van der Waals surface area contributed by atoms with E-state index in [2.05, 4.69) is 15.3 Å². The summed E-state index contributed by atoms with van der Waals surface area (Å²) in [5.41, 5.74) is 2.94. The topological polar surface area (TPSA) is 103 Å². The fourth-order valence-electron chi connectivity index (χ4n) is 3.91. The summed E-state index contributed by atoms with van der Waals surface area (Å²) in [5.74, 6) is 0.582. The Labute approximate surface area is 175 Å². The summed E-state index contributed by atoms with van der Waals surface area (Å²) >= 11 is 0. The van der Waals surface area contributed by atoms with Crippen molar-refractivity contribution in [2.75, 3.05) is 31.8 Å². The average molecular weight is 429 g/mol. The Balaban J connectivity index is 1.87. The van der Waals surface area contributed by atoms with Crippen molar-refractivity contribution in [1.82, 2.24) is 19.9 Å². The smallest absolute Gasteiger partial charge is 0.272 e. The van der Waals surface area contributed by atoms with Gasteiger partial charge in [-0.2, -0.15) is 0 Å². The molecule has 1 fully saturated rings. The zero-order valence-corrected chi connectivity index (χ0v) is 17.8. The van der Waals surface area contributed by atoms with E-state index in [9.17, 15) is 13.2 Å². The van der Waals surface area contributed by atoms with Crippen molar-refractivity contribution in [2.45, 2.75) is 19.4 Å². The lowest BCUT2D eigenvalue weighted by atomic mass is 10.1. The Bertz CT molecular complexity index is 1190. The van der Waals surface area contributed by atoms with Gasteiger partial charge in [-0.1, -0.05) is 30.3 Å². The van der Waals surface area contributed by atoms with Crippen LogP contribution in [0.4, 0.5) is 0 Å².